The van der Waals surface area contributed by atoms with Gasteiger partial charge in [0.2, 0.25) is 0 Å². The Hall–Kier alpha value is -2.99. The topological polar surface area (TPSA) is 21.7 Å². The van der Waals surface area contributed by atoms with Crippen molar-refractivity contribution in [2.75, 3.05) is 4.90 Å². The standard InChI is InChI=1S/C30H28BNO2S/c1-29(2)30(3,4)34-31(33-29)23-17-14-21(15-18-23)22-16-19-26-28(20-22)35-27-13-9-8-12-25(27)32(26)24-10-6-5-7-11-24/h5-20H,1-4H3. The highest BCUT2D eigenvalue weighted by Crippen LogP contribution is 2.52. The van der Waals surface area contributed by atoms with Gasteiger partial charge in [-0.1, -0.05) is 72.4 Å². The molecular formula is C30H28BNO2S. The van der Waals surface area contributed by atoms with Crippen LogP contribution in [-0.4, -0.2) is 18.3 Å². The molecule has 0 amide bonds. The molecule has 174 valence electrons. The van der Waals surface area contributed by atoms with E-state index in [0.29, 0.717) is 0 Å². The zero-order valence-electron chi connectivity index (χ0n) is 20.5. The minimum atomic E-state index is -0.343. The van der Waals surface area contributed by atoms with E-state index in [-0.39, 0.29) is 18.3 Å². The summed E-state index contributed by atoms with van der Waals surface area (Å²) >= 11 is 1.83. The van der Waals surface area contributed by atoms with Crippen LogP contribution in [0.25, 0.3) is 11.1 Å². The second-order valence-electron chi connectivity index (χ2n) is 10.1. The van der Waals surface area contributed by atoms with Crippen LogP contribution in [0.2, 0.25) is 0 Å². The van der Waals surface area contributed by atoms with E-state index in [1.54, 1.807) is 0 Å². The minimum Gasteiger partial charge on any atom is -0.399 e. The molecule has 4 aromatic rings. The van der Waals surface area contributed by atoms with E-state index in [1.807, 2.05) is 11.8 Å². The van der Waals surface area contributed by atoms with E-state index in [2.05, 4.69) is 130 Å². The number of rotatable bonds is 3. The monoisotopic (exact) mass is 477 g/mol. The van der Waals surface area contributed by atoms with Crippen LogP contribution in [0.5, 0.6) is 0 Å². The van der Waals surface area contributed by atoms with Gasteiger partial charge in [0, 0.05) is 15.5 Å². The Morgan fingerprint density at radius 3 is 1.94 bits per heavy atom. The Morgan fingerprint density at radius 2 is 1.23 bits per heavy atom. The molecule has 0 bridgehead atoms. The van der Waals surface area contributed by atoms with Crippen LogP contribution < -0.4 is 10.4 Å². The maximum absolute atomic E-state index is 6.23. The molecule has 2 aliphatic heterocycles. The molecule has 35 heavy (non-hydrogen) atoms. The van der Waals surface area contributed by atoms with Crippen LogP contribution in [0, 0.1) is 0 Å². The van der Waals surface area contributed by atoms with Gasteiger partial charge in [0.1, 0.15) is 0 Å². The Kier molecular flexibility index (Phi) is 5.33. The Morgan fingerprint density at radius 1 is 0.629 bits per heavy atom. The van der Waals surface area contributed by atoms with Gasteiger partial charge in [-0.25, -0.2) is 0 Å². The quantitative estimate of drug-likeness (QED) is 0.250. The first-order valence-corrected chi connectivity index (χ1v) is 12.9. The summed E-state index contributed by atoms with van der Waals surface area (Å²) in [5, 5.41) is 0. The molecule has 2 heterocycles. The predicted octanol–water partition coefficient (Wildman–Crippen LogP) is 7.59. The van der Waals surface area contributed by atoms with Crippen molar-refractivity contribution in [2.45, 2.75) is 48.7 Å². The summed E-state index contributed by atoms with van der Waals surface area (Å²) in [6.45, 7) is 8.35. The van der Waals surface area contributed by atoms with Crippen LogP contribution in [-0.2, 0) is 9.31 Å². The molecule has 1 fully saturated rings. The molecule has 0 aromatic heterocycles. The lowest BCUT2D eigenvalue weighted by Gasteiger charge is -2.33. The van der Waals surface area contributed by atoms with Crippen molar-refractivity contribution < 1.29 is 9.31 Å². The second-order valence-corrected chi connectivity index (χ2v) is 11.2. The van der Waals surface area contributed by atoms with Crippen molar-refractivity contribution in [3.8, 4) is 11.1 Å². The number of para-hydroxylation sites is 2. The lowest BCUT2D eigenvalue weighted by molar-refractivity contribution is 0.00578. The molecule has 2 aliphatic rings. The Labute approximate surface area is 212 Å². The minimum absolute atomic E-state index is 0.340. The van der Waals surface area contributed by atoms with Crippen molar-refractivity contribution in [3.63, 3.8) is 0 Å². The first-order chi connectivity index (χ1) is 16.8. The summed E-state index contributed by atoms with van der Waals surface area (Å²) in [4.78, 5) is 4.86. The Balaban J connectivity index is 1.33. The highest BCUT2D eigenvalue weighted by Gasteiger charge is 2.51. The van der Waals surface area contributed by atoms with Gasteiger partial charge in [-0.15, -0.1) is 0 Å². The number of fused-ring (bicyclic) bond motifs is 2. The average Bonchev–Trinajstić information content (AvgIpc) is 3.09. The van der Waals surface area contributed by atoms with Gasteiger partial charge < -0.3 is 14.2 Å². The van der Waals surface area contributed by atoms with E-state index in [9.17, 15) is 0 Å². The molecule has 4 aromatic carbocycles. The van der Waals surface area contributed by atoms with Gasteiger partial charge in [-0.05, 0) is 80.7 Å². The molecule has 0 N–H and O–H groups in total. The van der Waals surface area contributed by atoms with E-state index >= 15 is 0 Å². The van der Waals surface area contributed by atoms with Crippen molar-refractivity contribution in [1.29, 1.82) is 0 Å². The van der Waals surface area contributed by atoms with Crippen molar-refractivity contribution in [2.24, 2.45) is 0 Å². The zero-order valence-corrected chi connectivity index (χ0v) is 21.3. The van der Waals surface area contributed by atoms with Crippen molar-refractivity contribution in [1.82, 2.24) is 0 Å². The van der Waals surface area contributed by atoms with Crippen LogP contribution in [0.1, 0.15) is 27.7 Å². The average molecular weight is 477 g/mol. The summed E-state index contributed by atoms with van der Waals surface area (Å²) in [7, 11) is -0.343. The van der Waals surface area contributed by atoms with Gasteiger partial charge in [0.05, 0.1) is 22.6 Å². The number of nitrogens with zero attached hydrogens (tertiary/aromatic N) is 1. The van der Waals surface area contributed by atoms with Crippen LogP contribution in [0.4, 0.5) is 17.1 Å². The van der Waals surface area contributed by atoms with Gasteiger partial charge in [-0.3, -0.25) is 0 Å². The number of anilines is 3. The lowest BCUT2D eigenvalue weighted by Crippen LogP contribution is -2.41. The van der Waals surface area contributed by atoms with Crippen molar-refractivity contribution >= 4 is 41.4 Å². The highest BCUT2D eigenvalue weighted by atomic mass is 32.2. The molecule has 0 spiro atoms. The number of hydrogen-bond acceptors (Lipinski definition) is 4. The third-order valence-electron chi connectivity index (χ3n) is 7.31. The summed E-state index contributed by atoms with van der Waals surface area (Å²) in [6, 6.07) is 34.5. The largest absolute Gasteiger partial charge is 0.494 e. The summed E-state index contributed by atoms with van der Waals surface area (Å²) in [5.74, 6) is 0. The SMILES string of the molecule is CC1(C)OB(c2ccc(-c3ccc4c(c3)Sc3ccccc3N4c3ccccc3)cc2)OC1(C)C. The maximum atomic E-state index is 6.23. The van der Waals surface area contributed by atoms with E-state index in [4.69, 9.17) is 9.31 Å². The molecule has 5 heteroatoms. The third-order valence-corrected chi connectivity index (χ3v) is 8.42. The maximum Gasteiger partial charge on any atom is 0.494 e. The molecule has 0 saturated carbocycles. The smallest absolute Gasteiger partial charge is 0.399 e. The molecule has 0 radical (unpaired) electrons. The fraction of sp³-hybridized carbons (Fsp3) is 0.200. The molecule has 0 unspecified atom stereocenters. The van der Waals surface area contributed by atoms with Gasteiger partial charge in [-0.2, -0.15) is 0 Å². The normalized spacial score (nSPS) is 17.7. The first-order valence-electron chi connectivity index (χ1n) is 12.0. The second kappa shape index (κ2) is 8.30. The molecule has 0 aliphatic carbocycles. The highest BCUT2D eigenvalue weighted by molar-refractivity contribution is 7.99. The van der Waals surface area contributed by atoms with E-state index < -0.39 is 0 Å². The van der Waals surface area contributed by atoms with Gasteiger partial charge in [0.15, 0.2) is 0 Å². The van der Waals surface area contributed by atoms with Gasteiger partial charge in [0.25, 0.3) is 0 Å². The van der Waals surface area contributed by atoms with Crippen molar-refractivity contribution in [3.05, 3.63) is 97.1 Å². The summed E-state index contributed by atoms with van der Waals surface area (Å²) in [5.41, 5.74) is 6.33. The summed E-state index contributed by atoms with van der Waals surface area (Å²) in [6.07, 6.45) is 0. The molecule has 6 rings (SSSR count). The molecule has 3 nitrogen and oxygen atoms in total. The first kappa shape index (κ1) is 22.5. The molecular weight excluding hydrogens is 449 g/mol. The molecule has 1 saturated heterocycles. The van der Waals surface area contributed by atoms with Crippen LogP contribution in [0.3, 0.4) is 0 Å². The molecule has 0 atom stereocenters. The van der Waals surface area contributed by atoms with E-state index in [0.717, 1.165) is 5.46 Å². The fourth-order valence-electron chi connectivity index (χ4n) is 4.60. The third kappa shape index (κ3) is 3.88. The van der Waals surface area contributed by atoms with Crippen LogP contribution >= 0.6 is 11.8 Å². The predicted molar refractivity (Wildman–Crippen MR) is 146 cm³/mol. The summed E-state index contributed by atoms with van der Waals surface area (Å²) < 4.78 is 12.5. The number of hydrogen-bond donors (Lipinski definition) is 0. The lowest BCUT2D eigenvalue weighted by atomic mass is 9.78. The Bertz CT molecular complexity index is 1370. The van der Waals surface area contributed by atoms with Gasteiger partial charge >= 0.3 is 7.12 Å². The zero-order chi connectivity index (χ0) is 24.2. The fourth-order valence-corrected chi connectivity index (χ4v) is 5.70. The van der Waals surface area contributed by atoms with Crippen LogP contribution in [0.15, 0.2) is 107 Å². The van der Waals surface area contributed by atoms with E-state index in [1.165, 1.54) is 38.0 Å². The number of benzene rings is 4.